The predicted octanol–water partition coefficient (Wildman–Crippen LogP) is 0.586. The third kappa shape index (κ3) is 4.46. The minimum atomic E-state index is -0.986. The summed E-state index contributed by atoms with van der Waals surface area (Å²) in [7, 11) is 3.68. The average Bonchev–Trinajstić information content (AvgIpc) is 2.34. The van der Waals surface area contributed by atoms with E-state index < -0.39 is 10.5 Å². The molecule has 0 amide bonds. The van der Waals surface area contributed by atoms with E-state index in [0.717, 1.165) is 0 Å². The quantitative estimate of drug-likeness (QED) is 0.578. The number of nitro groups is 1. The van der Waals surface area contributed by atoms with Crippen molar-refractivity contribution in [2.24, 2.45) is 0 Å². The molecule has 108 valence electrons. The standard InChI is InChI=1S/C12H17N5O3/c1-12(18,8-16(2)3)7-14-11-5-4-10(17(19)20)9(6-13)15-11/h4-5,18H,7-8H2,1-3H3,(H,14,15). The van der Waals surface area contributed by atoms with E-state index >= 15 is 0 Å². The lowest BCUT2D eigenvalue weighted by Gasteiger charge is -2.27. The van der Waals surface area contributed by atoms with E-state index in [0.29, 0.717) is 12.4 Å². The van der Waals surface area contributed by atoms with Crippen LogP contribution in [0, 0.1) is 21.4 Å². The van der Waals surface area contributed by atoms with Gasteiger partial charge in [0.05, 0.1) is 10.5 Å². The number of aromatic nitrogens is 1. The second kappa shape index (κ2) is 6.27. The summed E-state index contributed by atoms with van der Waals surface area (Å²) in [6.45, 7) is 2.32. The maximum Gasteiger partial charge on any atom is 0.305 e. The number of aliphatic hydroxyl groups is 1. The van der Waals surface area contributed by atoms with Gasteiger partial charge in [0.25, 0.3) is 0 Å². The number of pyridine rings is 1. The molecular weight excluding hydrogens is 262 g/mol. The number of anilines is 1. The van der Waals surface area contributed by atoms with Crippen LogP contribution in [-0.2, 0) is 0 Å². The molecule has 0 radical (unpaired) electrons. The Labute approximate surface area is 116 Å². The van der Waals surface area contributed by atoms with E-state index in [1.54, 1.807) is 13.0 Å². The smallest absolute Gasteiger partial charge is 0.305 e. The van der Waals surface area contributed by atoms with Crippen LogP contribution in [0.4, 0.5) is 11.5 Å². The Balaban J connectivity index is 2.80. The van der Waals surface area contributed by atoms with Gasteiger partial charge < -0.3 is 15.3 Å². The largest absolute Gasteiger partial charge is 0.387 e. The molecule has 0 aromatic carbocycles. The fourth-order valence-electron chi connectivity index (χ4n) is 1.80. The molecule has 1 aromatic heterocycles. The summed E-state index contributed by atoms with van der Waals surface area (Å²) < 4.78 is 0. The van der Waals surface area contributed by atoms with Crippen molar-refractivity contribution in [1.82, 2.24) is 9.88 Å². The number of likely N-dealkylation sites (N-methyl/N-ethyl adjacent to an activating group) is 1. The summed E-state index contributed by atoms with van der Waals surface area (Å²) in [5, 5.41) is 32.5. The molecule has 0 aliphatic rings. The van der Waals surface area contributed by atoms with Gasteiger partial charge in [0.15, 0.2) is 0 Å². The Morgan fingerprint density at radius 1 is 1.60 bits per heavy atom. The minimum absolute atomic E-state index is 0.209. The SMILES string of the molecule is CN(C)CC(C)(O)CNc1ccc([N+](=O)[O-])c(C#N)n1. The molecule has 0 bridgehead atoms. The zero-order valence-electron chi connectivity index (χ0n) is 11.6. The Morgan fingerprint density at radius 3 is 2.75 bits per heavy atom. The van der Waals surface area contributed by atoms with E-state index in [9.17, 15) is 15.2 Å². The summed E-state index contributed by atoms with van der Waals surface area (Å²) in [5.41, 5.74) is -1.58. The van der Waals surface area contributed by atoms with Crippen LogP contribution in [0.1, 0.15) is 12.6 Å². The first-order chi connectivity index (χ1) is 9.25. The van der Waals surface area contributed by atoms with Crippen LogP contribution in [0.15, 0.2) is 12.1 Å². The number of nitriles is 1. The monoisotopic (exact) mass is 279 g/mol. The molecule has 2 N–H and O–H groups in total. The van der Waals surface area contributed by atoms with E-state index in [2.05, 4.69) is 10.3 Å². The average molecular weight is 279 g/mol. The Hall–Kier alpha value is -2.24. The molecule has 1 rings (SSSR count). The van der Waals surface area contributed by atoms with Crippen LogP contribution in [0.5, 0.6) is 0 Å². The third-order valence-electron chi connectivity index (χ3n) is 2.48. The highest BCUT2D eigenvalue weighted by atomic mass is 16.6. The highest BCUT2D eigenvalue weighted by Crippen LogP contribution is 2.18. The molecule has 1 heterocycles. The Bertz CT molecular complexity index is 536. The van der Waals surface area contributed by atoms with Gasteiger partial charge in [0, 0.05) is 19.2 Å². The molecule has 0 aliphatic heterocycles. The van der Waals surface area contributed by atoms with Crippen molar-refractivity contribution in [3.63, 3.8) is 0 Å². The van der Waals surface area contributed by atoms with Crippen molar-refractivity contribution in [3.8, 4) is 6.07 Å². The molecule has 8 heteroatoms. The topological polar surface area (TPSA) is 115 Å². The molecule has 0 fully saturated rings. The zero-order chi connectivity index (χ0) is 15.3. The number of hydrogen-bond acceptors (Lipinski definition) is 7. The van der Waals surface area contributed by atoms with Crippen LogP contribution in [-0.4, -0.2) is 52.7 Å². The summed E-state index contributed by atoms with van der Waals surface area (Å²) >= 11 is 0. The third-order valence-corrected chi connectivity index (χ3v) is 2.48. The molecule has 1 unspecified atom stereocenters. The summed E-state index contributed by atoms with van der Waals surface area (Å²) in [6, 6.07) is 4.31. The number of nitrogens with one attached hydrogen (secondary N) is 1. The van der Waals surface area contributed by atoms with Crippen molar-refractivity contribution >= 4 is 11.5 Å². The van der Waals surface area contributed by atoms with Crippen LogP contribution >= 0.6 is 0 Å². The molecule has 8 nitrogen and oxygen atoms in total. The summed E-state index contributed by atoms with van der Waals surface area (Å²) in [6.07, 6.45) is 0. The van der Waals surface area contributed by atoms with E-state index in [1.807, 2.05) is 19.0 Å². The van der Waals surface area contributed by atoms with Crippen LogP contribution in [0.2, 0.25) is 0 Å². The lowest BCUT2D eigenvalue weighted by molar-refractivity contribution is -0.385. The van der Waals surface area contributed by atoms with Crippen molar-refractivity contribution in [1.29, 1.82) is 5.26 Å². The molecule has 0 spiro atoms. The fraction of sp³-hybridized carbons (Fsp3) is 0.500. The molecule has 0 aliphatic carbocycles. The lowest BCUT2D eigenvalue weighted by Crippen LogP contribution is -2.43. The van der Waals surface area contributed by atoms with Gasteiger partial charge in [-0.05, 0) is 27.1 Å². The molecule has 1 aromatic rings. The van der Waals surface area contributed by atoms with Gasteiger partial charge in [-0.25, -0.2) is 4.98 Å². The maximum absolute atomic E-state index is 10.7. The van der Waals surface area contributed by atoms with E-state index in [-0.39, 0.29) is 17.9 Å². The second-order valence-electron chi connectivity index (χ2n) is 5.02. The van der Waals surface area contributed by atoms with E-state index in [4.69, 9.17) is 5.26 Å². The van der Waals surface area contributed by atoms with Gasteiger partial charge in [-0.15, -0.1) is 0 Å². The van der Waals surface area contributed by atoms with Gasteiger partial charge in [-0.3, -0.25) is 10.1 Å². The first kappa shape index (κ1) is 15.8. The normalized spacial score (nSPS) is 13.6. The zero-order valence-corrected chi connectivity index (χ0v) is 11.6. The number of rotatable bonds is 6. The van der Waals surface area contributed by atoms with Gasteiger partial charge in [0.1, 0.15) is 11.9 Å². The Morgan fingerprint density at radius 2 is 2.25 bits per heavy atom. The second-order valence-corrected chi connectivity index (χ2v) is 5.02. The van der Waals surface area contributed by atoms with Crippen molar-refractivity contribution < 1.29 is 10.0 Å². The van der Waals surface area contributed by atoms with Gasteiger partial charge >= 0.3 is 5.69 Å². The van der Waals surface area contributed by atoms with Gasteiger partial charge in [-0.2, -0.15) is 5.26 Å². The minimum Gasteiger partial charge on any atom is -0.387 e. The van der Waals surface area contributed by atoms with Crippen molar-refractivity contribution in [3.05, 3.63) is 27.9 Å². The summed E-state index contributed by atoms with van der Waals surface area (Å²) in [5.74, 6) is 0.311. The summed E-state index contributed by atoms with van der Waals surface area (Å²) in [4.78, 5) is 15.7. The lowest BCUT2D eigenvalue weighted by atomic mass is 10.1. The highest BCUT2D eigenvalue weighted by Gasteiger charge is 2.22. The van der Waals surface area contributed by atoms with Crippen molar-refractivity contribution in [2.45, 2.75) is 12.5 Å². The number of nitrogens with zero attached hydrogens (tertiary/aromatic N) is 4. The van der Waals surface area contributed by atoms with Crippen LogP contribution < -0.4 is 5.32 Å². The first-order valence-corrected chi connectivity index (χ1v) is 5.92. The predicted molar refractivity (Wildman–Crippen MR) is 73.3 cm³/mol. The van der Waals surface area contributed by atoms with Crippen molar-refractivity contribution in [2.75, 3.05) is 32.5 Å². The maximum atomic E-state index is 10.7. The highest BCUT2D eigenvalue weighted by molar-refractivity contribution is 5.50. The van der Waals surface area contributed by atoms with Crippen LogP contribution in [0.25, 0.3) is 0 Å². The Kier molecular flexibility index (Phi) is 4.96. The number of hydrogen-bond donors (Lipinski definition) is 2. The molecule has 20 heavy (non-hydrogen) atoms. The molecule has 0 saturated heterocycles. The molecule has 0 saturated carbocycles. The molecular formula is C12H17N5O3. The molecule has 1 atom stereocenters. The van der Waals surface area contributed by atoms with Gasteiger partial charge in [-0.1, -0.05) is 0 Å². The van der Waals surface area contributed by atoms with Crippen LogP contribution in [0.3, 0.4) is 0 Å². The van der Waals surface area contributed by atoms with E-state index in [1.165, 1.54) is 12.1 Å². The van der Waals surface area contributed by atoms with Gasteiger partial charge in [0.2, 0.25) is 5.69 Å². The first-order valence-electron chi connectivity index (χ1n) is 5.92. The fourth-order valence-corrected chi connectivity index (χ4v) is 1.80.